The molecule has 1 fully saturated rings. The van der Waals surface area contributed by atoms with Crippen molar-refractivity contribution in [1.29, 1.82) is 0 Å². The lowest BCUT2D eigenvalue weighted by molar-refractivity contribution is 0.0698. The highest BCUT2D eigenvalue weighted by atomic mass is 79.9. The largest absolute Gasteiger partial charge is 0.478 e. The van der Waals surface area contributed by atoms with Crippen LogP contribution in [0.2, 0.25) is 0 Å². The van der Waals surface area contributed by atoms with E-state index >= 15 is 0 Å². The molecule has 2 N–H and O–H groups in total. The molecule has 0 bridgehead atoms. The molecular weight excluding hydrogens is 424 g/mol. The summed E-state index contributed by atoms with van der Waals surface area (Å²) < 4.78 is 1.15. The average Bonchev–Trinajstić information content (AvgIpc) is 2.94. The van der Waals surface area contributed by atoms with Gasteiger partial charge < -0.3 is 15.3 Å². The number of urea groups is 1. The van der Waals surface area contributed by atoms with Crippen LogP contribution in [0.5, 0.6) is 0 Å². The molecule has 1 atom stereocenters. The van der Waals surface area contributed by atoms with Gasteiger partial charge >= 0.3 is 12.0 Å². The summed E-state index contributed by atoms with van der Waals surface area (Å²) in [5.41, 5.74) is 0.312. The zero-order valence-corrected chi connectivity index (χ0v) is 15.2. The van der Waals surface area contributed by atoms with E-state index in [2.05, 4.69) is 37.2 Å². The maximum absolute atomic E-state index is 12.3. The Labute approximate surface area is 143 Å². The molecule has 0 aromatic heterocycles. The second-order valence-corrected chi connectivity index (χ2v) is 7.59. The summed E-state index contributed by atoms with van der Waals surface area (Å²) in [7, 11) is 1.74. The fourth-order valence-corrected chi connectivity index (χ4v) is 4.65. The van der Waals surface area contributed by atoms with Crippen molar-refractivity contribution >= 4 is 61.3 Å². The molecule has 0 saturated carbocycles. The van der Waals surface area contributed by atoms with E-state index in [0.29, 0.717) is 8.95 Å². The maximum atomic E-state index is 12.3. The van der Waals surface area contributed by atoms with Crippen LogP contribution in [0.3, 0.4) is 0 Å². The van der Waals surface area contributed by atoms with E-state index in [9.17, 15) is 14.7 Å². The van der Waals surface area contributed by atoms with Crippen LogP contribution in [0.25, 0.3) is 0 Å². The van der Waals surface area contributed by atoms with Gasteiger partial charge in [-0.25, -0.2) is 9.59 Å². The second-order valence-electron chi connectivity index (χ2n) is 4.67. The Morgan fingerprint density at radius 3 is 2.71 bits per heavy atom. The van der Waals surface area contributed by atoms with Crippen LogP contribution >= 0.6 is 43.6 Å². The number of amides is 2. The third kappa shape index (κ3) is 3.92. The van der Waals surface area contributed by atoms with Crippen LogP contribution in [0.1, 0.15) is 16.8 Å². The first-order chi connectivity index (χ1) is 9.90. The topological polar surface area (TPSA) is 69.6 Å². The Bertz CT molecular complexity index is 577. The Morgan fingerprint density at radius 2 is 2.14 bits per heavy atom. The number of carbonyl (C=O) groups excluding carboxylic acids is 1. The minimum atomic E-state index is -1.09. The van der Waals surface area contributed by atoms with E-state index in [0.717, 1.165) is 17.9 Å². The highest BCUT2D eigenvalue weighted by molar-refractivity contribution is 9.11. The number of halogens is 2. The number of hydrogen-bond donors (Lipinski definition) is 2. The molecule has 1 aliphatic heterocycles. The highest BCUT2D eigenvalue weighted by Crippen LogP contribution is 2.31. The molecule has 1 aromatic rings. The van der Waals surface area contributed by atoms with Gasteiger partial charge in [-0.2, -0.15) is 11.8 Å². The van der Waals surface area contributed by atoms with Crippen LogP contribution in [0.15, 0.2) is 21.1 Å². The molecule has 2 amide bonds. The standard InChI is InChI=1S/C13H14Br2N2O3S/c1-17(8-2-3-21-6-8)13(20)16-11-9(12(18)19)4-7(14)5-10(11)15/h4-5,8H,2-3,6H2,1H3,(H,16,20)(H,18,19). The van der Waals surface area contributed by atoms with Crippen LogP contribution in [0, 0.1) is 0 Å². The van der Waals surface area contributed by atoms with Gasteiger partial charge in [0.15, 0.2) is 0 Å². The minimum absolute atomic E-state index is 0.0406. The number of carboxylic acid groups (broad SMARTS) is 1. The number of carbonyl (C=O) groups is 2. The Kier molecular flexibility index (Phi) is 5.56. The third-order valence-electron chi connectivity index (χ3n) is 3.29. The SMILES string of the molecule is CN(C(=O)Nc1c(Br)cc(Br)cc1C(=O)O)C1CCSC1. The molecule has 114 valence electrons. The fourth-order valence-electron chi connectivity index (χ4n) is 2.06. The summed E-state index contributed by atoms with van der Waals surface area (Å²) in [5, 5.41) is 12.0. The number of nitrogens with one attached hydrogen (secondary N) is 1. The number of anilines is 1. The van der Waals surface area contributed by atoms with Crippen LogP contribution in [0.4, 0.5) is 10.5 Å². The maximum Gasteiger partial charge on any atom is 0.337 e. The summed E-state index contributed by atoms with van der Waals surface area (Å²) in [6, 6.07) is 3.06. The van der Waals surface area contributed by atoms with Crippen LogP contribution < -0.4 is 5.32 Å². The predicted octanol–water partition coefficient (Wildman–Crippen LogP) is 3.88. The second kappa shape index (κ2) is 7.02. The van der Waals surface area contributed by atoms with Crippen molar-refractivity contribution in [3.8, 4) is 0 Å². The van der Waals surface area contributed by atoms with Crippen LogP contribution in [-0.4, -0.2) is 46.6 Å². The third-order valence-corrected chi connectivity index (χ3v) is 5.52. The van der Waals surface area contributed by atoms with Gasteiger partial charge in [-0.1, -0.05) is 15.9 Å². The average molecular weight is 438 g/mol. The van der Waals surface area contributed by atoms with Gasteiger partial charge in [-0.3, -0.25) is 0 Å². The van der Waals surface area contributed by atoms with E-state index in [-0.39, 0.29) is 23.3 Å². The van der Waals surface area contributed by atoms with E-state index < -0.39 is 5.97 Å². The van der Waals surface area contributed by atoms with Gasteiger partial charge in [0, 0.05) is 27.8 Å². The fraction of sp³-hybridized carbons (Fsp3) is 0.385. The molecule has 0 aliphatic carbocycles. The Hall–Kier alpha value is -0.730. The van der Waals surface area contributed by atoms with Gasteiger partial charge in [-0.05, 0) is 40.2 Å². The molecule has 0 radical (unpaired) electrons. The van der Waals surface area contributed by atoms with E-state index in [1.54, 1.807) is 18.0 Å². The van der Waals surface area contributed by atoms with Gasteiger partial charge in [0.25, 0.3) is 0 Å². The monoisotopic (exact) mass is 436 g/mol. The van der Waals surface area contributed by atoms with Crippen LogP contribution in [-0.2, 0) is 0 Å². The summed E-state index contributed by atoms with van der Waals surface area (Å²) in [6.45, 7) is 0. The van der Waals surface area contributed by atoms with Gasteiger partial charge in [0.2, 0.25) is 0 Å². The Morgan fingerprint density at radius 1 is 1.43 bits per heavy atom. The molecule has 1 heterocycles. The van der Waals surface area contributed by atoms with E-state index in [1.165, 1.54) is 6.07 Å². The van der Waals surface area contributed by atoms with E-state index in [1.807, 2.05) is 11.8 Å². The number of carboxylic acids is 1. The lowest BCUT2D eigenvalue weighted by Crippen LogP contribution is -2.40. The summed E-state index contributed by atoms with van der Waals surface area (Å²) >= 11 is 8.36. The molecule has 1 saturated heterocycles. The predicted molar refractivity (Wildman–Crippen MR) is 91.3 cm³/mol. The normalized spacial score (nSPS) is 17.6. The van der Waals surface area contributed by atoms with Crippen molar-refractivity contribution < 1.29 is 14.7 Å². The van der Waals surface area contributed by atoms with Crippen molar-refractivity contribution in [3.05, 3.63) is 26.6 Å². The lowest BCUT2D eigenvalue weighted by atomic mass is 10.2. The highest BCUT2D eigenvalue weighted by Gasteiger charge is 2.25. The molecular formula is C13H14Br2N2O3S. The molecule has 1 unspecified atom stereocenters. The smallest absolute Gasteiger partial charge is 0.337 e. The molecule has 1 aliphatic rings. The van der Waals surface area contributed by atoms with Crippen molar-refractivity contribution in [3.63, 3.8) is 0 Å². The molecule has 1 aromatic carbocycles. The van der Waals surface area contributed by atoms with Gasteiger partial charge in [0.05, 0.1) is 11.3 Å². The molecule has 5 nitrogen and oxygen atoms in total. The first-order valence-electron chi connectivity index (χ1n) is 6.24. The summed E-state index contributed by atoms with van der Waals surface area (Å²) in [6.07, 6.45) is 0.960. The first-order valence-corrected chi connectivity index (χ1v) is 8.98. The van der Waals surface area contributed by atoms with Gasteiger partial charge in [-0.15, -0.1) is 0 Å². The zero-order valence-electron chi connectivity index (χ0n) is 11.2. The molecule has 2 rings (SSSR count). The summed E-state index contributed by atoms with van der Waals surface area (Å²) in [5.74, 6) is 0.869. The van der Waals surface area contributed by atoms with Gasteiger partial charge in [0.1, 0.15) is 0 Å². The summed E-state index contributed by atoms with van der Waals surface area (Å²) in [4.78, 5) is 25.3. The lowest BCUT2D eigenvalue weighted by Gasteiger charge is -2.24. The van der Waals surface area contributed by atoms with E-state index in [4.69, 9.17) is 0 Å². The molecule has 0 spiro atoms. The zero-order chi connectivity index (χ0) is 15.6. The Balaban J connectivity index is 2.22. The number of aromatic carboxylic acids is 1. The van der Waals surface area contributed by atoms with Crippen molar-refractivity contribution in [1.82, 2.24) is 4.90 Å². The number of hydrogen-bond acceptors (Lipinski definition) is 3. The van der Waals surface area contributed by atoms with Crippen molar-refractivity contribution in [2.45, 2.75) is 12.5 Å². The number of rotatable bonds is 3. The quantitative estimate of drug-likeness (QED) is 0.752. The number of nitrogens with zero attached hydrogens (tertiary/aromatic N) is 1. The number of thioether (sulfide) groups is 1. The van der Waals surface area contributed by atoms with Crippen molar-refractivity contribution in [2.75, 3.05) is 23.9 Å². The van der Waals surface area contributed by atoms with Crippen molar-refractivity contribution in [2.24, 2.45) is 0 Å². The molecule has 21 heavy (non-hydrogen) atoms. The minimum Gasteiger partial charge on any atom is -0.478 e. The first kappa shape index (κ1) is 16.6. The number of benzene rings is 1. The molecule has 8 heteroatoms.